The monoisotopic (exact) mass is 327 g/mol. The van der Waals surface area contributed by atoms with Crippen molar-refractivity contribution in [2.45, 2.75) is 30.9 Å². The topological polar surface area (TPSA) is 21.3 Å². The summed E-state index contributed by atoms with van der Waals surface area (Å²) >= 11 is -0.294. The van der Waals surface area contributed by atoms with Crippen molar-refractivity contribution in [1.29, 1.82) is 0 Å². The molecule has 21 heavy (non-hydrogen) atoms. The average Bonchev–Trinajstić information content (AvgIpc) is 3.17. The first-order valence-corrected chi connectivity index (χ1v) is 7.38. The van der Waals surface area contributed by atoms with E-state index in [9.17, 15) is 22.0 Å². The average molecular weight is 327 g/mol. The van der Waals surface area contributed by atoms with Crippen LogP contribution in [0.1, 0.15) is 18.4 Å². The van der Waals surface area contributed by atoms with Crippen LogP contribution in [0.3, 0.4) is 0 Å². The molecular weight excluding hydrogens is 313 g/mol. The van der Waals surface area contributed by atoms with Crippen molar-refractivity contribution in [3.05, 3.63) is 29.3 Å². The van der Waals surface area contributed by atoms with Crippen LogP contribution in [0, 0.1) is 11.6 Å². The van der Waals surface area contributed by atoms with E-state index in [1.54, 1.807) is 0 Å². The Balaban J connectivity index is 1.86. The Bertz CT molecular complexity index is 467. The summed E-state index contributed by atoms with van der Waals surface area (Å²) in [6.45, 7) is -0.0690. The molecule has 1 aliphatic carbocycles. The second-order valence-electron chi connectivity index (χ2n) is 4.69. The zero-order chi connectivity index (χ0) is 15.5. The van der Waals surface area contributed by atoms with Crippen molar-refractivity contribution in [3.63, 3.8) is 0 Å². The van der Waals surface area contributed by atoms with Gasteiger partial charge < -0.3 is 10.1 Å². The standard InChI is InChI=1S/C13H14F5NOS/c14-10-5-8(7-19-9-1-2-9)6-11(15)12(10)20-3-4-21-13(16,17)18/h5-6,9,19H,1-4,7H2. The van der Waals surface area contributed by atoms with E-state index in [0.29, 0.717) is 18.2 Å². The first-order chi connectivity index (χ1) is 9.85. The highest BCUT2D eigenvalue weighted by Gasteiger charge is 2.27. The van der Waals surface area contributed by atoms with Crippen LogP contribution in [-0.2, 0) is 6.54 Å². The van der Waals surface area contributed by atoms with Gasteiger partial charge >= 0.3 is 5.51 Å². The molecule has 0 bridgehead atoms. The number of benzene rings is 1. The van der Waals surface area contributed by atoms with E-state index in [1.807, 2.05) is 0 Å². The molecule has 0 radical (unpaired) electrons. The van der Waals surface area contributed by atoms with Crippen LogP contribution in [-0.4, -0.2) is 23.9 Å². The summed E-state index contributed by atoms with van der Waals surface area (Å²) in [6, 6.07) is 2.67. The first kappa shape index (κ1) is 16.4. The molecule has 0 amide bonds. The highest BCUT2D eigenvalue weighted by molar-refractivity contribution is 8.00. The smallest absolute Gasteiger partial charge is 0.441 e. The van der Waals surface area contributed by atoms with Gasteiger partial charge in [0.1, 0.15) is 0 Å². The lowest BCUT2D eigenvalue weighted by Crippen LogP contribution is -2.16. The van der Waals surface area contributed by atoms with Crippen LogP contribution in [0.25, 0.3) is 0 Å². The number of thioether (sulfide) groups is 1. The van der Waals surface area contributed by atoms with Gasteiger partial charge in [-0.05, 0) is 42.3 Å². The van der Waals surface area contributed by atoms with Gasteiger partial charge in [-0.15, -0.1) is 0 Å². The normalized spacial score (nSPS) is 15.3. The Morgan fingerprint density at radius 2 is 1.81 bits per heavy atom. The van der Waals surface area contributed by atoms with E-state index in [1.165, 1.54) is 0 Å². The molecule has 0 aliphatic heterocycles. The zero-order valence-electron chi connectivity index (χ0n) is 11.0. The third-order valence-corrected chi connectivity index (χ3v) is 3.52. The molecule has 1 aromatic carbocycles. The van der Waals surface area contributed by atoms with Gasteiger partial charge in [0.05, 0.1) is 6.61 Å². The number of hydrogen-bond donors (Lipinski definition) is 1. The first-order valence-electron chi connectivity index (χ1n) is 6.40. The number of rotatable bonds is 7. The molecule has 2 rings (SSSR count). The van der Waals surface area contributed by atoms with Crippen molar-refractivity contribution in [3.8, 4) is 5.75 Å². The van der Waals surface area contributed by atoms with Crippen LogP contribution in [0.4, 0.5) is 22.0 Å². The van der Waals surface area contributed by atoms with Crippen LogP contribution in [0.5, 0.6) is 5.75 Å². The Labute approximate surface area is 123 Å². The highest BCUT2D eigenvalue weighted by Crippen LogP contribution is 2.30. The molecule has 1 N–H and O–H groups in total. The molecule has 1 aliphatic rings. The summed E-state index contributed by atoms with van der Waals surface area (Å²) in [4.78, 5) is 0. The molecule has 118 valence electrons. The summed E-state index contributed by atoms with van der Waals surface area (Å²) in [5, 5.41) is 3.11. The molecule has 0 aromatic heterocycles. The predicted octanol–water partition coefficient (Wildman–Crippen LogP) is 3.85. The number of alkyl halides is 3. The maximum absolute atomic E-state index is 13.7. The van der Waals surface area contributed by atoms with Crippen LogP contribution < -0.4 is 10.1 Å². The van der Waals surface area contributed by atoms with Gasteiger partial charge in [0.25, 0.3) is 0 Å². The molecule has 0 heterocycles. The van der Waals surface area contributed by atoms with E-state index < -0.39 is 35.3 Å². The fourth-order valence-electron chi connectivity index (χ4n) is 1.70. The molecule has 0 saturated heterocycles. The third kappa shape index (κ3) is 5.70. The number of halogens is 5. The van der Waals surface area contributed by atoms with Crippen LogP contribution in [0.15, 0.2) is 12.1 Å². The number of nitrogens with one attached hydrogen (secondary N) is 1. The minimum absolute atomic E-state index is 0.294. The molecule has 2 nitrogen and oxygen atoms in total. The van der Waals surface area contributed by atoms with E-state index in [0.717, 1.165) is 25.0 Å². The second kappa shape index (κ2) is 6.83. The summed E-state index contributed by atoms with van der Waals surface area (Å²) in [5.41, 5.74) is -3.94. The van der Waals surface area contributed by atoms with E-state index in [-0.39, 0.29) is 11.8 Å². The number of ether oxygens (including phenoxy) is 1. The van der Waals surface area contributed by atoms with Gasteiger partial charge in [-0.3, -0.25) is 0 Å². The van der Waals surface area contributed by atoms with Gasteiger partial charge in [-0.1, -0.05) is 0 Å². The predicted molar refractivity (Wildman–Crippen MR) is 70.2 cm³/mol. The molecule has 1 saturated carbocycles. The SMILES string of the molecule is Fc1cc(CNC2CC2)cc(F)c1OCCSC(F)(F)F. The molecule has 0 spiro atoms. The van der Waals surface area contributed by atoms with Gasteiger partial charge in [0.2, 0.25) is 0 Å². The fraction of sp³-hybridized carbons (Fsp3) is 0.538. The maximum atomic E-state index is 13.7. The molecule has 8 heteroatoms. The molecular formula is C13H14F5NOS. The molecule has 1 aromatic rings. The second-order valence-corrected chi connectivity index (χ2v) is 5.85. The minimum atomic E-state index is -4.38. The lowest BCUT2D eigenvalue weighted by molar-refractivity contribution is -0.0329. The summed E-state index contributed by atoms with van der Waals surface area (Å²) < 4.78 is 67.8. The van der Waals surface area contributed by atoms with Gasteiger partial charge in [0, 0.05) is 18.3 Å². The van der Waals surface area contributed by atoms with Crippen molar-refractivity contribution < 1.29 is 26.7 Å². The van der Waals surface area contributed by atoms with Crippen molar-refractivity contribution in [2.24, 2.45) is 0 Å². The fourth-order valence-corrected chi connectivity index (χ4v) is 2.10. The maximum Gasteiger partial charge on any atom is 0.441 e. The van der Waals surface area contributed by atoms with Gasteiger partial charge in [-0.25, -0.2) is 8.78 Å². The molecule has 0 atom stereocenters. The van der Waals surface area contributed by atoms with Crippen molar-refractivity contribution in [1.82, 2.24) is 5.32 Å². The van der Waals surface area contributed by atoms with Crippen molar-refractivity contribution >= 4 is 11.8 Å². The van der Waals surface area contributed by atoms with Gasteiger partial charge in [-0.2, -0.15) is 13.2 Å². The summed E-state index contributed by atoms with van der Waals surface area (Å²) in [7, 11) is 0. The zero-order valence-corrected chi connectivity index (χ0v) is 11.8. The molecule has 0 unspecified atom stereocenters. The quantitative estimate of drug-likeness (QED) is 0.607. The lowest BCUT2D eigenvalue weighted by atomic mass is 10.2. The lowest BCUT2D eigenvalue weighted by Gasteiger charge is -2.11. The van der Waals surface area contributed by atoms with Crippen LogP contribution >= 0.6 is 11.8 Å². The van der Waals surface area contributed by atoms with Crippen molar-refractivity contribution in [2.75, 3.05) is 12.4 Å². The van der Waals surface area contributed by atoms with E-state index in [2.05, 4.69) is 5.32 Å². The largest absolute Gasteiger partial charge is 0.487 e. The Morgan fingerprint density at radius 3 is 2.33 bits per heavy atom. The Kier molecular flexibility index (Phi) is 5.32. The summed E-state index contributed by atoms with van der Waals surface area (Å²) in [6.07, 6.45) is 2.12. The highest BCUT2D eigenvalue weighted by atomic mass is 32.2. The van der Waals surface area contributed by atoms with Crippen LogP contribution in [0.2, 0.25) is 0 Å². The Morgan fingerprint density at radius 1 is 1.19 bits per heavy atom. The summed E-state index contributed by atoms with van der Waals surface area (Å²) in [5.74, 6) is -2.86. The van der Waals surface area contributed by atoms with E-state index >= 15 is 0 Å². The minimum Gasteiger partial charge on any atom is -0.487 e. The third-order valence-electron chi connectivity index (χ3n) is 2.83. The molecule has 1 fully saturated rings. The number of hydrogen-bond acceptors (Lipinski definition) is 3. The Hall–Kier alpha value is -1.02. The van der Waals surface area contributed by atoms with Gasteiger partial charge in [0.15, 0.2) is 17.4 Å². The van der Waals surface area contributed by atoms with E-state index in [4.69, 9.17) is 4.74 Å².